The SMILES string of the molecule is O=c1[nH]c2cc(Cl)ccc2n1C1CCN(C2CCC(c3ccc(F)c(F)c3)(c3ccc(F)c(F)c3)CC2)CC1. The van der Waals surface area contributed by atoms with E-state index in [2.05, 4.69) is 9.88 Å². The van der Waals surface area contributed by atoms with Crippen LogP contribution in [0.4, 0.5) is 17.6 Å². The maximum Gasteiger partial charge on any atom is 0.326 e. The molecule has 1 saturated heterocycles. The molecule has 1 N–H and O–H groups in total. The van der Waals surface area contributed by atoms with E-state index in [0.29, 0.717) is 29.0 Å². The van der Waals surface area contributed by atoms with E-state index >= 15 is 0 Å². The number of piperidine rings is 1. The summed E-state index contributed by atoms with van der Waals surface area (Å²) >= 11 is 6.09. The molecule has 1 saturated carbocycles. The highest BCUT2D eigenvalue weighted by atomic mass is 35.5. The average molecular weight is 558 g/mol. The molecule has 0 atom stereocenters. The first kappa shape index (κ1) is 26.1. The van der Waals surface area contributed by atoms with Crippen molar-refractivity contribution in [2.75, 3.05) is 13.1 Å². The van der Waals surface area contributed by atoms with Gasteiger partial charge >= 0.3 is 5.69 Å². The van der Waals surface area contributed by atoms with Crippen molar-refractivity contribution < 1.29 is 17.6 Å². The van der Waals surface area contributed by atoms with Gasteiger partial charge in [0.2, 0.25) is 0 Å². The number of nitrogens with one attached hydrogen (secondary N) is 1. The second kappa shape index (κ2) is 10.1. The minimum absolute atomic E-state index is 0.0794. The van der Waals surface area contributed by atoms with Crippen LogP contribution < -0.4 is 5.69 Å². The summed E-state index contributed by atoms with van der Waals surface area (Å²) in [7, 11) is 0. The number of benzene rings is 3. The Labute approximate surface area is 228 Å². The highest BCUT2D eigenvalue weighted by Gasteiger charge is 2.41. The van der Waals surface area contributed by atoms with Gasteiger partial charge in [-0.1, -0.05) is 23.7 Å². The Morgan fingerprint density at radius 2 is 1.33 bits per heavy atom. The Bertz CT molecular complexity index is 1530. The molecule has 6 rings (SSSR count). The Kier molecular flexibility index (Phi) is 6.79. The molecule has 2 fully saturated rings. The topological polar surface area (TPSA) is 41.0 Å². The molecule has 0 unspecified atom stereocenters. The van der Waals surface area contributed by atoms with Crippen LogP contribution in [-0.4, -0.2) is 33.6 Å². The summed E-state index contributed by atoms with van der Waals surface area (Å²) in [5.74, 6) is -3.77. The quantitative estimate of drug-likeness (QED) is 0.272. The molecule has 1 aromatic heterocycles. The largest absolute Gasteiger partial charge is 0.326 e. The molecule has 1 aliphatic heterocycles. The van der Waals surface area contributed by atoms with Gasteiger partial charge in [-0.15, -0.1) is 0 Å². The molecule has 0 spiro atoms. The third-order valence-corrected chi connectivity index (χ3v) is 9.05. The third-order valence-electron chi connectivity index (χ3n) is 8.81. The zero-order valence-electron chi connectivity index (χ0n) is 21.2. The van der Waals surface area contributed by atoms with E-state index in [-0.39, 0.29) is 17.8 Å². The first-order chi connectivity index (χ1) is 18.7. The van der Waals surface area contributed by atoms with Crippen LogP contribution in [0.25, 0.3) is 11.0 Å². The molecule has 2 aliphatic rings. The number of aromatic nitrogens is 2. The summed E-state index contributed by atoms with van der Waals surface area (Å²) < 4.78 is 57.9. The normalized spacial score (nSPS) is 19.1. The van der Waals surface area contributed by atoms with Crippen molar-refractivity contribution in [3.05, 3.63) is 105 Å². The number of imidazole rings is 1. The smallest absolute Gasteiger partial charge is 0.305 e. The fraction of sp³-hybridized carbons (Fsp3) is 0.367. The van der Waals surface area contributed by atoms with Crippen molar-refractivity contribution >= 4 is 22.6 Å². The van der Waals surface area contributed by atoms with Gasteiger partial charge in [-0.25, -0.2) is 22.4 Å². The standard InChI is InChI=1S/C30H28ClF4N3O/c31-20-3-6-28-27(17-20)36-29(39)38(28)22-9-13-37(14-10-22)21-7-11-30(12-8-21,18-1-4-23(32)25(34)15-18)19-2-5-24(33)26(35)16-19/h1-6,15-17,21-22H,7-14H2,(H,36,39). The van der Waals surface area contributed by atoms with E-state index in [1.54, 1.807) is 24.3 Å². The second-order valence-corrected chi connectivity index (χ2v) is 11.2. The van der Waals surface area contributed by atoms with Crippen LogP contribution in [0.3, 0.4) is 0 Å². The summed E-state index contributed by atoms with van der Waals surface area (Å²) in [6.45, 7) is 1.65. The minimum atomic E-state index is -0.951. The maximum atomic E-state index is 14.3. The number of halogens is 5. The Hall–Kier alpha value is -3.10. The van der Waals surface area contributed by atoms with Gasteiger partial charge < -0.3 is 9.88 Å². The van der Waals surface area contributed by atoms with Gasteiger partial charge in [-0.05, 0) is 92.1 Å². The fourth-order valence-corrected chi connectivity index (χ4v) is 6.94. The first-order valence-electron chi connectivity index (χ1n) is 13.3. The summed E-state index contributed by atoms with van der Waals surface area (Å²) in [5, 5.41) is 0.575. The number of fused-ring (bicyclic) bond motifs is 1. The zero-order valence-corrected chi connectivity index (χ0v) is 22.0. The minimum Gasteiger partial charge on any atom is -0.305 e. The molecule has 39 heavy (non-hydrogen) atoms. The lowest BCUT2D eigenvalue weighted by atomic mass is 9.64. The van der Waals surface area contributed by atoms with Gasteiger partial charge in [0.05, 0.1) is 11.0 Å². The molecular weight excluding hydrogens is 530 g/mol. The molecule has 0 bridgehead atoms. The van der Waals surface area contributed by atoms with Gasteiger partial charge in [0.1, 0.15) is 0 Å². The lowest BCUT2D eigenvalue weighted by Gasteiger charge is -2.46. The van der Waals surface area contributed by atoms with Crippen LogP contribution in [-0.2, 0) is 5.41 Å². The number of hydrogen-bond acceptors (Lipinski definition) is 2. The van der Waals surface area contributed by atoms with Crippen LogP contribution in [0, 0.1) is 23.3 Å². The van der Waals surface area contributed by atoms with Crippen molar-refractivity contribution in [3.63, 3.8) is 0 Å². The fourth-order valence-electron chi connectivity index (χ4n) is 6.77. The summed E-state index contributed by atoms with van der Waals surface area (Å²) in [5.41, 5.74) is 1.85. The van der Waals surface area contributed by atoms with E-state index in [1.165, 1.54) is 12.1 Å². The van der Waals surface area contributed by atoms with Crippen LogP contribution in [0.5, 0.6) is 0 Å². The van der Waals surface area contributed by atoms with Crippen LogP contribution >= 0.6 is 11.6 Å². The Morgan fingerprint density at radius 3 is 1.90 bits per heavy atom. The van der Waals surface area contributed by atoms with Crippen molar-refractivity contribution in [2.24, 2.45) is 0 Å². The van der Waals surface area contributed by atoms with Crippen LogP contribution in [0.2, 0.25) is 5.02 Å². The van der Waals surface area contributed by atoms with E-state index in [9.17, 15) is 22.4 Å². The lowest BCUT2D eigenvalue weighted by molar-refractivity contribution is 0.0947. The average Bonchev–Trinajstić information content (AvgIpc) is 3.26. The summed E-state index contributed by atoms with van der Waals surface area (Å²) in [6, 6.07) is 13.5. The number of nitrogens with zero attached hydrogens (tertiary/aromatic N) is 2. The number of aromatic amines is 1. The van der Waals surface area contributed by atoms with Crippen molar-refractivity contribution in [1.29, 1.82) is 0 Å². The third kappa shape index (κ3) is 4.67. The lowest BCUT2D eigenvalue weighted by Crippen LogP contribution is -2.47. The number of hydrogen-bond donors (Lipinski definition) is 1. The maximum absolute atomic E-state index is 14.3. The molecule has 4 aromatic rings. The molecular formula is C30H28ClF4N3O. The van der Waals surface area contributed by atoms with E-state index in [1.807, 2.05) is 10.6 Å². The van der Waals surface area contributed by atoms with Gasteiger partial charge in [-0.2, -0.15) is 0 Å². The van der Waals surface area contributed by atoms with Crippen molar-refractivity contribution in [2.45, 2.75) is 56.0 Å². The number of likely N-dealkylation sites (tertiary alicyclic amines) is 1. The van der Waals surface area contributed by atoms with Crippen molar-refractivity contribution in [3.8, 4) is 0 Å². The van der Waals surface area contributed by atoms with Gasteiger partial charge in [-0.3, -0.25) is 4.57 Å². The molecule has 204 valence electrons. The molecule has 0 amide bonds. The van der Waals surface area contributed by atoms with Gasteiger partial charge in [0.15, 0.2) is 23.3 Å². The van der Waals surface area contributed by atoms with Crippen LogP contribution in [0.1, 0.15) is 55.7 Å². The summed E-state index contributed by atoms with van der Waals surface area (Å²) in [4.78, 5) is 18.1. The second-order valence-electron chi connectivity index (χ2n) is 10.8. The number of rotatable bonds is 4. The van der Waals surface area contributed by atoms with Gasteiger partial charge in [0, 0.05) is 35.6 Å². The number of H-pyrrole nitrogens is 1. The molecule has 3 aromatic carbocycles. The highest BCUT2D eigenvalue weighted by Crippen LogP contribution is 2.47. The Balaban J connectivity index is 1.20. The zero-order chi connectivity index (χ0) is 27.3. The molecule has 2 heterocycles. The van der Waals surface area contributed by atoms with E-state index < -0.39 is 28.7 Å². The van der Waals surface area contributed by atoms with E-state index in [4.69, 9.17) is 11.6 Å². The van der Waals surface area contributed by atoms with Crippen molar-refractivity contribution in [1.82, 2.24) is 14.5 Å². The Morgan fingerprint density at radius 1 is 0.744 bits per heavy atom. The van der Waals surface area contributed by atoms with Gasteiger partial charge in [0.25, 0.3) is 0 Å². The molecule has 0 radical (unpaired) electrons. The molecule has 1 aliphatic carbocycles. The molecule has 9 heteroatoms. The predicted molar refractivity (Wildman–Crippen MR) is 143 cm³/mol. The summed E-state index contributed by atoms with van der Waals surface area (Å²) in [6.07, 6.45) is 4.38. The highest BCUT2D eigenvalue weighted by molar-refractivity contribution is 6.31. The molecule has 4 nitrogen and oxygen atoms in total. The van der Waals surface area contributed by atoms with Crippen LogP contribution in [0.15, 0.2) is 59.4 Å². The van der Waals surface area contributed by atoms with E-state index in [0.717, 1.165) is 61.9 Å². The first-order valence-corrected chi connectivity index (χ1v) is 13.7. The monoisotopic (exact) mass is 557 g/mol. The predicted octanol–water partition coefficient (Wildman–Crippen LogP) is 7.11.